The zero-order valence-corrected chi connectivity index (χ0v) is 4.89. The highest BCUT2D eigenvalue weighted by Gasteiger charge is 1.94. The molecular formula is C5H3ClF2. The van der Waals surface area contributed by atoms with Crippen LogP contribution in [-0.2, 0) is 0 Å². The van der Waals surface area contributed by atoms with Gasteiger partial charge in [-0.15, -0.1) is 0 Å². The van der Waals surface area contributed by atoms with Crippen LogP contribution in [-0.4, -0.2) is 0 Å². The Bertz CT molecular complexity index is 157. The highest BCUT2D eigenvalue weighted by Crippen LogP contribution is 2.09. The van der Waals surface area contributed by atoms with E-state index in [9.17, 15) is 8.78 Å². The van der Waals surface area contributed by atoms with E-state index in [0.717, 1.165) is 0 Å². The first-order chi connectivity index (χ1) is 3.68. The predicted octanol–water partition coefficient (Wildman–Crippen LogP) is 2.36. The Kier molecular flexibility index (Phi) is 3.21. The van der Waals surface area contributed by atoms with E-state index in [-0.39, 0.29) is 0 Å². The molecule has 0 N–H and O–H groups in total. The van der Waals surface area contributed by atoms with E-state index in [1.165, 1.54) is 6.92 Å². The average Bonchev–Trinajstić information content (AvgIpc) is 1.67. The maximum absolute atomic E-state index is 11.7. The molecule has 44 valence electrons. The molecule has 0 aromatic rings. The van der Waals surface area contributed by atoms with Crippen molar-refractivity contribution in [2.45, 2.75) is 6.92 Å². The van der Waals surface area contributed by atoms with Crippen LogP contribution in [0.2, 0.25) is 0 Å². The summed E-state index contributed by atoms with van der Waals surface area (Å²) in [5.74, 6) is 2.73. The first-order valence-electron chi connectivity index (χ1n) is 1.82. The Hall–Kier alpha value is -0.550. The van der Waals surface area contributed by atoms with Gasteiger partial charge in [0.05, 0.1) is 0 Å². The maximum atomic E-state index is 11.7. The molecule has 0 spiro atoms. The van der Waals surface area contributed by atoms with E-state index in [2.05, 4.69) is 17.5 Å². The van der Waals surface area contributed by atoms with Crippen molar-refractivity contribution in [3.8, 4) is 11.8 Å². The predicted molar refractivity (Wildman–Crippen MR) is 28.5 cm³/mol. The minimum Gasteiger partial charge on any atom is -0.193 e. The summed E-state index contributed by atoms with van der Waals surface area (Å²) < 4.78 is 23.2. The summed E-state index contributed by atoms with van der Waals surface area (Å²) in [5.41, 5.74) is 0. The summed E-state index contributed by atoms with van der Waals surface area (Å²) in [6.45, 7) is 1.39. The zero-order valence-electron chi connectivity index (χ0n) is 4.13. The minimum absolute atomic E-state index is 1.21. The Labute approximate surface area is 51.1 Å². The Balaban J connectivity index is 4.16. The minimum atomic E-state index is -1.39. The van der Waals surface area contributed by atoms with Gasteiger partial charge in [0.25, 0.3) is 0 Å². The van der Waals surface area contributed by atoms with Gasteiger partial charge in [-0.3, -0.25) is 0 Å². The molecule has 0 atom stereocenters. The fraction of sp³-hybridized carbons (Fsp3) is 0.200. The second kappa shape index (κ2) is 3.45. The molecule has 0 aliphatic carbocycles. The lowest BCUT2D eigenvalue weighted by atomic mass is 10.5. The standard InChI is InChI=1S/C5H3ClF2/c1-2-3-4(7)5(6)8/h1H3. The second-order valence-corrected chi connectivity index (χ2v) is 1.28. The van der Waals surface area contributed by atoms with Crippen LogP contribution in [0, 0.1) is 11.8 Å². The molecule has 3 heteroatoms. The smallest absolute Gasteiger partial charge is 0.193 e. The zero-order chi connectivity index (χ0) is 6.57. The monoisotopic (exact) mass is 136 g/mol. The second-order valence-electron chi connectivity index (χ2n) is 0.949. The van der Waals surface area contributed by atoms with Crippen molar-refractivity contribution in [3.05, 3.63) is 11.1 Å². The van der Waals surface area contributed by atoms with Crippen molar-refractivity contribution in [1.29, 1.82) is 0 Å². The van der Waals surface area contributed by atoms with Crippen molar-refractivity contribution in [3.63, 3.8) is 0 Å². The van der Waals surface area contributed by atoms with Crippen molar-refractivity contribution in [2.75, 3.05) is 0 Å². The fourth-order valence-electron chi connectivity index (χ4n) is 0.157. The summed E-state index contributed by atoms with van der Waals surface area (Å²) in [7, 11) is 0. The van der Waals surface area contributed by atoms with E-state index in [1.807, 2.05) is 0 Å². The third kappa shape index (κ3) is 2.59. The van der Waals surface area contributed by atoms with Crippen LogP contribution in [0.4, 0.5) is 8.78 Å². The lowest BCUT2D eigenvalue weighted by molar-refractivity contribution is 0.596. The largest absolute Gasteiger partial charge is 0.233 e. The van der Waals surface area contributed by atoms with Crippen molar-refractivity contribution < 1.29 is 8.78 Å². The molecule has 0 saturated heterocycles. The number of hydrogen-bond acceptors (Lipinski definition) is 0. The number of rotatable bonds is 0. The molecule has 0 aromatic carbocycles. The van der Waals surface area contributed by atoms with Gasteiger partial charge in [0, 0.05) is 0 Å². The molecule has 0 bridgehead atoms. The van der Waals surface area contributed by atoms with E-state index >= 15 is 0 Å². The first kappa shape index (κ1) is 7.45. The van der Waals surface area contributed by atoms with Gasteiger partial charge in [0.15, 0.2) is 0 Å². The van der Waals surface area contributed by atoms with Crippen LogP contribution < -0.4 is 0 Å². The molecule has 0 amide bonds. The van der Waals surface area contributed by atoms with Crippen LogP contribution in [0.15, 0.2) is 11.1 Å². The van der Waals surface area contributed by atoms with Crippen LogP contribution in [0.3, 0.4) is 0 Å². The van der Waals surface area contributed by atoms with Gasteiger partial charge in [-0.2, -0.15) is 8.78 Å². The summed E-state index contributed by atoms with van der Waals surface area (Å²) >= 11 is 4.54. The highest BCUT2D eigenvalue weighted by atomic mass is 35.5. The molecule has 0 rings (SSSR count). The number of allylic oxidation sites excluding steroid dienone is 1. The molecule has 0 aromatic heterocycles. The van der Waals surface area contributed by atoms with Gasteiger partial charge >= 0.3 is 0 Å². The molecule has 0 aliphatic rings. The summed E-state index contributed by atoms with van der Waals surface area (Å²) in [5, 5.41) is -1.39. The Morgan fingerprint density at radius 3 is 2.12 bits per heavy atom. The van der Waals surface area contributed by atoms with Gasteiger partial charge in [-0.05, 0) is 24.4 Å². The molecule has 0 heterocycles. The summed E-state index contributed by atoms with van der Waals surface area (Å²) in [6, 6.07) is 0. The third-order valence-electron chi connectivity index (χ3n) is 0.401. The molecule has 0 fully saturated rings. The van der Waals surface area contributed by atoms with Crippen LogP contribution in [0.25, 0.3) is 0 Å². The van der Waals surface area contributed by atoms with Crippen LogP contribution in [0.1, 0.15) is 6.92 Å². The fourth-order valence-corrected chi connectivity index (χ4v) is 0.204. The van der Waals surface area contributed by atoms with Gasteiger partial charge in [0.2, 0.25) is 11.1 Å². The van der Waals surface area contributed by atoms with Gasteiger partial charge in [0.1, 0.15) is 0 Å². The topological polar surface area (TPSA) is 0 Å². The van der Waals surface area contributed by atoms with E-state index in [4.69, 9.17) is 0 Å². The van der Waals surface area contributed by atoms with Crippen molar-refractivity contribution >= 4 is 11.6 Å². The molecule has 0 radical (unpaired) electrons. The number of hydrogen-bond donors (Lipinski definition) is 0. The lowest BCUT2D eigenvalue weighted by Gasteiger charge is -1.76. The van der Waals surface area contributed by atoms with Crippen molar-refractivity contribution in [2.24, 2.45) is 0 Å². The maximum Gasteiger partial charge on any atom is 0.233 e. The Morgan fingerprint density at radius 2 is 2.00 bits per heavy atom. The molecule has 8 heavy (non-hydrogen) atoms. The lowest BCUT2D eigenvalue weighted by Crippen LogP contribution is -1.64. The van der Waals surface area contributed by atoms with Gasteiger partial charge in [-0.1, -0.05) is 5.92 Å². The van der Waals surface area contributed by atoms with Gasteiger partial charge in [-0.25, -0.2) is 0 Å². The molecular weight excluding hydrogens is 134 g/mol. The third-order valence-corrected chi connectivity index (χ3v) is 0.567. The SMILES string of the molecule is CC#CC(F)=C(F)Cl. The van der Waals surface area contributed by atoms with Crippen LogP contribution >= 0.6 is 11.6 Å². The van der Waals surface area contributed by atoms with Crippen LogP contribution in [0.5, 0.6) is 0 Å². The quantitative estimate of drug-likeness (QED) is 0.449. The summed E-state index contributed by atoms with van der Waals surface area (Å²) in [6.07, 6.45) is 0. The van der Waals surface area contributed by atoms with Gasteiger partial charge < -0.3 is 0 Å². The Morgan fingerprint density at radius 1 is 1.50 bits per heavy atom. The molecule has 0 saturated carbocycles. The van der Waals surface area contributed by atoms with Crippen molar-refractivity contribution in [1.82, 2.24) is 0 Å². The first-order valence-corrected chi connectivity index (χ1v) is 2.19. The molecule has 0 aliphatic heterocycles. The molecule has 0 nitrogen and oxygen atoms in total. The van der Waals surface area contributed by atoms with E-state index < -0.39 is 11.1 Å². The number of halogens is 3. The average molecular weight is 137 g/mol. The normalized spacial score (nSPS) is 11.5. The summed E-state index contributed by atoms with van der Waals surface area (Å²) in [4.78, 5) is 0. The highest BCUT2D eigenvalue weighted by molar-refractivity contribution is 6.28. The van der Waals surface area contributed by atoms with E-state index in [0.29, 0.717) is 0 Å². The molecule has 0 unspecified atom stereocenters. The van der Waals surface area contributed by atoms with E-state index in [1.54, 1.807) is 5.92 Å².